The minimum atomic E-state index is -3.81. The Hall–Kier alpha value is -2.58. The number of rotatable bonds is 5. The van der Waals surface area contributed by atoms with Crippen LogP contribution in [0.2, 0.25) is 0 Å². The van der Waals surface area contributed by atoms with E-state index in [4.69, 9.17) is 0 Å². The van der Waals surface area contributed by atoms with Gasteiger partial charge in [-0.3, -0.25) is 0 Å². The van der Waals surface area contributed by atoms with Gasteiger partial charge in [0.25, 0.3) is 0 Å². The second-order valence-corrected chi connectivity index (χ2v) is 8.04. The first-order valence-corrected chi connectivity index (χ1v) is 9.44. The number of hydrogen-bond donors (Lipinski definition) is 0. The van der Waals surface area contributed by atoms with Gasteiger partial charge in [-0.05, 0) is 49.2 Å². The van der Waals surface area contributed by atoms with Gasteiger partial charge in [-0.1, -0.05) is 18.2 Å². The minimum absolute atomic E-state index is 0.0609. The molecule has 6 nitrogen and oxygen atoms in total. The van der Waals surface area contributed by atoms with E-state index in [0.717, 1.165) is 17.3 Å². The van der Waals surface area contributed by atoms with Crippen LogP contribution < -0.4 is 0 Å². The molecule has 26 heavy (non-hydrogen) atoms. The highest BCUT2D eigenvalue weighted by molar-refractivity contribution is 7.89. The maximum Gasteiger partial charge on any atom is 0.243 e. The van der Waals surface area contributed by atoms with Crippen molar-refractivity contribution in [1.29, 1.82) is 0 Å². The lowest BCUT2D eigenvalue weighted by Gasteiger charge is -2.25. The van der Waals surface area contributed by atoms with E-state index in [1.165, 1.54) is 29.8 Å². The van der Waals surface area contributed by atoms with E-state index in [2.05, 4.69) is 10.1 Å². The summed E-state index contributed by atoms with van der Waals surface area (Å²) in [5.74, 6) is -0.538. The van der Waals surface area contributed by atoms with Crippen molar-refractivity contribution in [3.63, 3.8) is 0 Å². The zero-order valence-electron chi connectivity index (χ0n) is 14.7. The number of benzene rings is 2. The average molecular weight is 374 g/mol. The van der Waals surface area contributed by atoms with Crippen LogP contribution in [0.1, 0.15) is 24.1 Å². The average Bonchev–Trinajstić information content (AvgIpc) is 3.17. The Labute approximate surface area is 152 Å². The van der Waals surface area contributed by atoms with Gasteiger partial charge in [0.05, 0.1) is 10.6 Å². The highest BCUT2D eigenvalue weighted by atomic mass is 32.2. The van der Waals surface area contributed by atoms with Gasteiger partial charge in [0.1, 0.15) is 18.5 Å². The molecule has 1 unspecified atom stereocenters. The van der Waals surface area contributed by atoms with Crippen LogP contribution in [-0.4, -0.2) is 34.5 Å². The number of nitrogens with zero attached hydrogens (tertiary/aromatic N) is 4. The van der Waals surface area contributed by atoms with Crippen LogP contribution in [0, 0.1) is 12.7 Å². The number of aryl methyl sites for hydroxylation is 1. The fraction of sp³-hybridized carbons (Fsp3) is 0.222. The van der Waals surface area contributed by atoms with E-state index < -0.39 is 21.9 Å². The van der Waals surface area contributed by atoms with Crippen molar-refractivity contribution in [2.24, 2.45) is 0 Å². The van der Waals surface area contributed by atoms with Gasteiger partial charge >= 0.3 is 0 Å². The lowest BCUT2D eigenvalue weighted by Crippen LogP contribution is -2.30. The van der Waals surface area contributed by atoms with Gasteiger partial charge in [-0.25, -0.2) is 22.5 Å². The van der Waals surface area contributed by atoms with E-state index in [0.29, 0.717) is 5.56 Å². The van der Waals surface area contributed by atoms with Crippen molar-refractivity contribution in [3.05, 3.63) is 72.1 Å². The van der Waals surface area contributed by atoms with Gasteiger partial charge in [-0.2, -0.15) is 9.40 Å². The number of aromatic nitrogens is 3. The molecule has 8 heteroatoms. The van der Waals surface area contributed by atoms with Crippen LogP contribution >= 0.6 is 0 Å². The van der Waals surface area contributed by atoms with Crippen molar-refractivity contribution in [1.82, 2.24) is 19.1 Å². The van der Waals surface area contributed by atoms with E-state index in [1.807, 2.05) is 24.3 Å². The molecule has 0 aliphatic carbocycles. The Bertz CT molecular complexity index is 1000. The lowest BCUT2D eigenvalue weighted by atomic mass is 10.1. The molecule has 0 aliphatic rings. The fourth-order valence-corrected chi connectivity index (χ4v) is 3.93. The van der Waals surface area contributed by atoms with Crippen molar-refractivity contribution < 1.29 is 12.8 Å². The Morgan fingerprint density at radius 1 is 1.15 bits per heavy atom. The summed E-state index contributed by atoms with van der Waals surface area (Å²) < 4.78 is 42.2. The Balaban J connectivity index is 1.86. The molecule has 0 amide bonds. The second-order valence-electron chi connectivity index (χ2n) is 6.04. The molecule has 1 atom stereocenters. The molecule has 136 valence electrons. The largest absolute Gasteiger partial charge is 0.243 e. The molecule has 3 aromatic rings. The monoisotopic (exact) mass is 374 g/mol. The summed E-state index contributed by atoms with van der Waals surface area (Å²) in [7, 11) is -2.32. The number of hydrogen-bond acceptors (Lipinski definition) is 4. The number of sulfonamides is 1. The Morgan fingerprint density at radius 3 is 2.42 bits per heavy atom. The molecule has 3 rings (SSSR count). The third kappa shape index (κ3) is 3.38. The number of halogens is 1. The summed E-state index contributed by atoms with van der Waals surface area (Å²) in [5.41, 5.74) is 2.04. The van der Waals surface area contributed by atoms with Gasteiger partial charge in [0.2, 0.25) is 10.0 Å². The predicted molar refractivity (Wildman–Crippen MR) is 95.9 cm³/mol. The van der Waals surface area contributed by atoms with E-state index in [1.54, 1.807) is 24.9 Å². The predicted octanol–water partition coefficient (Wildman–Crippen LogP) is 3.10. The van der Waals surface area contributed by atoms with Gasteiger partial charge in [0.15, 0.2) is 0 Å². The van der Waals surface area contributed by atoms with Crippen LogP contribution in [0.5, 0.6) is 0 Å². The molecule has 0 radical (unpaired) electrons. The standard InChI is InChI=1S/C18H19FN4O2S/c1-13-4-9-17(10-18(13)19)26(24,25)22(3)14(2)15-5-7-16(8-6-15)23-12-20-11-21-23/h4-12,14H,1-3H3. The lowest BCUT2D eigenvalue weighted by molar-refractivity contribution is 0.398. The zero-order chi connectivity index (χ0) is 18.9. The van der Waals surface area contributed by atoms with Crippen LogP contribution in [0.3, 0.4) is 0 Å². The second kappa shape index (κ2) is 6.97. The quantitative estimate of drug-likeness (QED) is 0.688. The van der Waals surface area contributed by atoms with E-state index in [-0.39, 0.29) is 4.90 Å². The minimum Gasteiger partial charge on any atom is -0.223 e. The normalized spacial score (nSPS) is 13.1. The van der Waals surface area contributed by atoms with Crippen LogP contribution in [0.15, 0.2) is 60.0 Å². The summed E-state index contributed by atoms with van der Waals surface area (Å²) >= 11 is 0. The smallest absolute Gasteiger partial charge is 0.223 e. The molecule has 0 N–H and O–H groups in total. The topological polar surface area (TPSA) is 68.1 Å². The maximum absolute atomic E-state index is 13.8. The Kier molecular flexibility index (Phi) is 4.88. The zero-order valence-corrected chi connectivity index (χ0v) is 15.5. The highest BCUT2D eigenvalue weighted by Crippen LogP contribution is 2.27. The van der Waals surface area contributed by atoms with Gasteiger partial charge < -0.3 is 0 Å². The van der Waals surface area contributed by atoms with Crippen molar-refractivity contribution in [3.8, 4) is 5.69 Å². The van der Waals surface area contributed by atoms with Crippen molar-refractivity contribution in [2.45, 2.75) is 24.8 Å². The third-order valence-corrected chi connectivity index (χ3v) is 6.35. The first-order chi connectivity index (χ1) is 12.3. The van der Waals surface area contributed by atoms with Gasteiger partial charge in [0, 0.05) is 13.1 Å². The molecular weight excluding hydrogens is 355 g/mol. The molecule has 0 saturated carbocycles. The van der Waals surface area contributed by atoms with Crippen molar-refractivity contribution in [2.75, 3.05) is 7.05 Å². The third-order valence-electron chi connectivity index (χ3n) is 4.42. The molecule has 0 fully saturated rings. The molecule has 0 saturated heterocycles. The van der Waals surface area contributed by atoms with Crippen molar-refractivity contribution >= 4 is 10.0 Å². The molecule has 1 heterocycles. The molecular formula is C18H19FN4O2S. The molecule has 2 aromatic carbocycles. The first-order valence-electron chi connectivity index (χ1n) is 8.00. The summed E-state index contributed by atoms with van der Waals surface area (Å²) in [6, 6.07) is 10.9. The fourth-order valence-electron chi connectivity index (χ4n) is 2.57. The molecule has 0 spiro atoms. The maximum atomic E-state index is 13.8. The SMILES string of the molecule is Cc1ccc(S(=O)(=O)N(C)C(C)c2ccc(-n3cncn3)cc2)cc1F. The summed E-state index contributed by atoms with van der Waals surface area (Å²) in [6.07, 6.45) is 3.03. The highest BCUT2D eigenvalue weighted by Gasteiger charge is 2.27. The van der Waals surface area contributed by atoms with E-state index >= 15 is 0 Å². The summed E-state index contributed by atoms with van der Waals surface area (Å²) in [4.78, 5) is 3.84. The summed E-state index contributed by atoms with van der Waals surface area (Å²) in [5, 5.41) is 4.05. The van der Waals surface area contributed by atoms with E-state index in [9.17, 15) is 12.8 Å². The van der Waals surface area contributed by atoms with Crippen LogP contribution in [0.25, 0.3) is 5.69 Å². The molecule has 0 aliphatic heterocycles. The summed E-state index contributed by atoms with van der Waals surface area (Å²) in [6.45, 7) is 3.38. The Morgan fingerprint density at radius 2 is 1.85 bits per heavy atom. The van der Waals surface area contributed by atoms with Crippen LogP contribution in [-0.2, 0) is 10.0 Å². The first kappa shape index (κ1) is 18.2. The van der Waals surface area contributed by atoms with Gasteiger partial charge in [-0.15, -0.1) is 0 Å². The van der Waals surface area contributed by atoms with Crippen LogP contribution in [0.4, 0.5) is 4.39 Å². The molecule has 1 aromatic heterocycles. The molecule has 0 bridgehead atoms.